The van der Waals surface area contributed by atoms with Gasteiger partial charge in [-0.1, -0.05) is 50.2 Å². The molecule has 0 aliphatic heterocycles. The molecule has 32 heavy (non-hydrogen) atoms. The Balaban J connectivity index is 2.13. The highest BCUT2D eigenvalue weighted by molar-refractivity contribution is 5.97. The molecule has 0 bridgehead atoms. The lowest BCUT2D eigenvalue weighted by atomic mass is 10.1. The number of benzene rings is 2. The maximum atomic E-state index is 13.0. The van der Waals surface area contributed by atoms with E-state index < -0.39 is 6.04 Å². The molecule has 1 unspecified atom stereocenters. The van der Waals surface area contributed by atoms with Crippen LogP contribution in [0.4, 0.5) is 0 Å². The predicted molar refractivity (Wildman–Crippen MR) is 125 cm³/mol. The standard InChI is InChI=1S/C24H32N4O4/c1-16(2)12-22(29)28-24(25)27-19(13-17-8-6-5-7-9-17)23(30)26-15-18-10-11-20(31-3)21(14-18)32-4/h5-11,14,16,19H,12-13,15H2,1-4H3,(H,26,30)(H3,25,27,28,29). The molecule has 0 saturated carbocycles. The molecule has 0 aliphatic carbocycles. The molecule has 1 atom stereocenters. The second kappa shape index (κ2) is 12.3. The molecule has 8 heteroatoms. The van der Waals surface area contributed by atoms with Gasteiger partial charge in [-0.25, -0.2) is 4.99 Å². The number of nitrogens with zero attached hydrogens (tertiary/aromatic N) is 1. The summed E-state index contributed by atoms with van der Waals surface area (Å²) in [5, 5.41) is 5.45. The first-order valence-electron chi connectivity index (χ1n) is 10.5. The molecule has 0 spiro atoms. The molecular weight excluding hydrogens is 408 g/mol. The Morgan fingerprint density at radius 3 is 2.31 bits per heavy atom. The normalized spacial score (nSPS) is 12.2. The zero-order valence-electron chi connectivity index (χ0n) is 19.1. The van der Waals surface area contributed by atoms with Crippen LogP contribution in [0.1, 0.15) is 31.4 Å². The van der Waals surface area contributed by atoms with Crippen LogP contribution in [-0.4, -0.2) is 38.0 Å². The fourth-order valence-corrected chi connectivity index (χ4v) is 3.10. The largest absolute Gasteiger partial charge is 0.493 e. The van der Waals surface area contributed by atoms with E-state index in [9.17, 15) is 9.59 Å². The second-order valence-electron chi connectivity index (χ2n) is 7.77. The van der Waals surface area contributed by atoms with Gasteiger partial charge in [-0.3, -0.25) is 14.9 Å². The van der Waals surface area contributed by atoms with Gasteiger partial charge < -0.3 is 20.5 Å². The van der Waals surface area contributed by atoms with E-state index in [1.165, 1.54) is 0 Å². The highest BCUT2D eigenvalue weighted by Crippen LogP contribution is 2.27. The number of nitrogens with two attached hydrogens (primary N) is 1. The molecule has 2 aromatic rings. The van der Waals surface area contributed by atoms with Gasteiger partial charge in [0.2, 0.25) is 11.8 Å². The summed E-state index contributed by atoms with van der Waals surface area (Å²) in [6, 6.07) is 14.2. The van der Waals surface area contributed by atoms with Crippen molar-refractivity contribution in [2.45, 2.75) is 39.3 Å². The van der Waals surface area contributed by atoms with E-state index >= 15 is 0 Å². The summed E-state index contributed by atoms with van der Waals surface area (Å²) in [5.74, 6) is 0.773. The van der Waals surface area contributed by atoms with Gasteiger partial charge in [-0.2, -0.15) is 0 Å². The lowest BCUT2D eigenvalue weighted by molar-refractivity contribution is -0.123. The molecule has 4 N–H and O–H groups in total. The first kappa shape index (κ1) is 24.7. The number of carbonyl (C=O) groups is 2. The predicted octanol–water partition coefficient (Wildman–Crippen LogP) is 2.41. The van der Waals surface area contributed by atoms with Gasteiger partial charge in [-0.05, 0) is 29.2 Å². The number of carbonyl (C=O) groups excluding carboxylic acids is 2. The number of ether oxygens (including phenoxy) is 2. The van der Waals surface area contributed by atoms with Crippen molar-refractivity contribution < 1.29 is 19.1 Å². The Labute approximate surface area is 189 Å². The SMILES string of the molecule is COc1ccc(CNC(=O)C(Cc2ccccc2)N=C(N)NC(=O)CC(C)C)cc1OC. The number of hydrogen-bond donors (Lipinski definition) is 3. The Morgan fingerprint density at radius 1 is 1.00 bits per heavy atom. The Morgan fingerprint density at radius 2 is 1.69 bits per heavy atom. The molecule has 0 aliphatic rings. The molecule has 2 rings (SSSR count). The third-order valence-corrected chi connectivity index (χ3v) is 4.65. The lowest BCUT2D eigenvalue weighted by Gasteiger charge is -2.16. The fourth-order valence-electron chi connectivity index (χ4n) is 3.10. The highest BCUT2D eigenvalue weighted by Gasteiger charge is 2.19. The molecule has 0 heterocycles. The molecular formula is C24H32N4O4. The Bertz CT molecular complexity index is 929. The molecule has 8 nitrogen and oxygen atoms in total. The molecule has 2 aromatic carbocycles. The monoisotopic (exact) mass is 440 g/mol. The van der Waals surface area contributed by atoms with Crippen molar-refractivity contribution in [3.63, 3.8) is 0 Å². The number of amides is 2. The van der Waals surface area contributed by atoms with E-state index in [0.717, 1.165) is 11.1 Å². The number of nitrogens with one attached hydrogen (secondary N) is 2. The summed E-state index contributed by atoms with van der Waals surface area (Å²) in [5.41, 5.74) is 7.71. The maximum absolute atomic E-state index is 13.0. The van der Waals surface area contributed by atoms with Gasteiger partial charge in [0.05, 0.1) is 14.2 Å². The van der Waals surface area contributed by atoms with Crippen LogP contribution >= 0.6 is 0 Å². The average molecular weight is 441 g/mol. The van der Waals surface area contributed by atoms with Crippen LogP contribution in [0.5, 0.6) is 11.5 Å². The maximum Gasteiger partial charge on any atom is 0.245 e. The van der Waals surface area contributed by atoms with Crippen LogP contribution in [0.15, 0.2) is 53.5 Å². The smallest absolute Gasteiger partial charge is 0.245 e. The number of guanidine groups is 1. The molecule has 2 amide bonds. The molecule has 0 radical (unpaired) electrons. The Hall–Kier alpha value is -3.55. The van der Waals surface area contributed by atoms with Crippen LogP contribution in [0.2, 0.25) is 0 Å². The van der Waals surface area contributed by atoms with Crippen molar-refractivity contribution in [3.8, 4) is 11.5 Å². The van der Waals surface area contributed by atoms with E-state index in [0.29, 0.717) is 24.3 Å². The van der Waals surface area contributed by atoms with Crippen LogP contribution in [0.25, 0.3) is 0 Å². The average Bonchev–Trinajstić information content (AvgIpc) is 2.76. The van der Waals surface area contributed by atoms with Crippen LogP contribution in [0.3, 0.4) is 0 Å². The van der Waals surface area contributed by atoms with Crippen molar-refractivity contribution in [3.05, 3.63) is 59.7 Å². The minimum Gasteiger partial charge on any atom is -0.493 e. The zero-order valence-corrected chi connectivity index (χ0v) is 19.1. The fraction of sp³-hybridized carbons (Fsp3) is 0.375. The summed E-state index contributed by atoms with van der Waals surface area (Å²) in [6.07, 6.45) is 0.671. The summed E-state index contributed by atoms with van der Waals surface area (Å²) < 4.78 is 10.6. The highest BCUT2D eigenvalue weighted by atomic mass is 16.5. The van der Waals surface area contributed by atoms with E-state index in [2.05, 4.69) is 15.6 Å². The van der Waals surface area contributed by atoms with Gasteiger partial charge in [0, 0.05) is 19.4 Å². The third-order valence-electron chi connectivity index (χ3n) is 4.65. The topological polar surface area (TPSA) is 115 Å². The van der Waals surface area contributed by atoms with Crippen molar-refractivity contribution >= 4 is 17.8 Å². The second-order valence-corrected chi connectivity index (χ2v) is 7.77. The lowest BCUT2D eigenvalue weighted by Crippen LogP contribution is -2.41. The molecule has 0 aromatic heterocycles. The van der Waals surface area contributed by atoms with Gasteiger partial charge in [-0.15, -0.1) is 0 Å². The molecule has 0 fully saturated rings. The first-order chi connectivity index (χ1) is 15.3. The zero-order chi connectivity index (χ0) is 23.5. The van der Waals surface area contributed by atoms with Crippen LogP contribution in [0, 0.1) is 5.92 Å². The van der Waals surface area contributed by atoms with Gasteiger partial charge >= 0.3 is 0 Å². The summed E-state index contributed by atoms with van der Waals surface area (Å²) in [4.78, 5) is 29.3. The number of hydrogen-bond acceptors (Lipinski definition) is 5. The van der Waals surface area contributed by atoms with Gasteiger partial charge in [0.15, 0.2) is 17.5 Å². The van der Waals surface area contributed by atoms with Crippen molar-refractivity contribution in [2.75, 3.05) is 14.2 Å². The number of rotatable bonds is 10. The number of methoxy groups -OCH3 is 2. The molecule has 172 valence electrons. The quantitative estimate of drug-likeness (QED) is 0.388. The summed E-state index contributed by atoms with van der Waals surface area (Å²) in [6.45, 7) is 4.15. The number of aliphatic imine (C=N–C) groups is 1. The first-order valence-corrected chi connectivity index (χ1v) is 10.5. The van der Waals surface area contributed by atoms with Crippen molar-refractivity contribution in [1.29, 1.82) is 0 Å². The minimum atomic E-state index is -0.795. The van der Waals surface area contributed by atoms with Gasteiger partial charge in [0.1, 0.15) is 6.04 Å². The van der Waals surface area contributed by atoms with E-state index in [1.807, 2.05) is 50.2 Å². The summed E-state index contributed by atoms with van der Waals surface area (Å²) in [7, 11) is 3.12. The van der Waals surface area contributed by atoms with Crippen molar-refractivity contribution in [1.82, 2.24) is 10.6 Å². The van der Waals surface area contributed by atoms with Crippen LogP contribution in [-0.2, 0) is 22.6 Å². The van der Waals surface area contributed by atoms with Crippen LogP contribution < -0.4 is 25.8 Å². The minimum absolute atomic E-state index is 0.0714. The molecule has 0 saturated heterocycles. The van der Waals surface area contributed by atoms with E-state index in [-0.39, 0.29) is 30.2 Å². The van der Waals surface area contributed by atoms with E-state index in [4.69, 9.17) is 15.2 Å². The van der Waals surface area contributed by atoms with Gasteiger partial charge in [0.25, 0.3) is 0 Å². The Kier molecular flexibility index (Phi) is 9.53. The summed E-state index contributed by atoms with van der Waals surface area (Å²) >= 11 is 0. The third kappa shape index (κ3) is 7.94. The van der Waals surface area contributed by atoms with E-state index in [1.54, 1.807) is 26.4 Å². The van der Waals surface area contributed by atoms with Crippen molar-refractivity contribution in [2.24, 2.45) is 16.6 Å².